The molecule has 0 spiro atoms. The van der Waals surface area contributed by atoms with Gasteiger partial charge in [-0.05, 0) is 12.1 Å². The van der Waals surface area contributed by atoms with Crippen molar-refractivity contribution in [2.75, 3.05) is 5.32 Å². The number of nitrogens with one attached hydrogen (secondary N) is 1. The van der Waals surface area contributed by atoms with Gasteiger partial charge in [-0.3, -0.25) is 0 Å². The Bertz CT molecular complexity index is 818. The summed E-state index contributed by atoms with van der Waals surface area (Å²) in [6, 6.07) is 2.09. The minimum atomic E-state index is -5.17. The molecule has 0 saturated heterocycles. The molecule has 0 unspecified atom stereocenters. The van der Waals surface area contributed by atoms with Crippen LogP contribution in [0.25, 0.3) is 0 Å². The minimum absolute atomic E-state index is 0.312. The van der Waals surface area contributed by atoms with Crippen molar-refractivity contribution in [3.05, 3.63) is 47.0 Å². The first-order valence-electron chi connectivity index (χ1n) is 6.21. The third-order valence-corrected chi connectivity index (χ3v) is 2.84. The van der Waals surface area contributed by atoms with Gasteiger partial charge in [0.25, 0.3) is 0 Å². The first kappa shape index (κ1) is 18.4. The smallest absolute Gasteiger partial charge is 0.434 e. The molecule has 2 aromatic rings. The zero-order valence-electron chi connectivity index (χ0n) is 11.7. The number of rotatable bonds is 3. The van der Waals surface area contributed by atoms with E-state index < -0.39 is 52.6 Å². The topological polar surface area (TPSA) is 75.1 Å². The van der Waals surface area contributed by atoms with E-state index in [1.165, 1.54) is 0 Å². The van der Waals surface area contributed by atoms with Crippen LogP contribution in [0.1, 0.15) is 21.6 Å². The first-order valence-corrected chi connectivity index (χ1v) is 6.21. The summed E-state index contributed by atoms with van der Waals surface area (Å²) in [4.78, 5) is 16.9. The summed E-state index contributed by atoms with van der Waals surface area (Å²) in [5.41, 5.74) is -5.56. The SMILES string of the molecule is O=C(O)c1cnc(Nc2cccc(C(F)(F)F)c2F)nc1C(F)(F)F. The summed E-state index contributed by atoms with van der Waals surface area (Å²) in [6.07, 6.45) is -9.88. The molecule has 2 rings (SSSR count). The molecule has 25 heavy (non-hydrogen) atoms. The number of nitrogens with zero attached hydrogens (tertiary/aromatic N) is 2. The van der Waals surface area contributed by atoms with Crippen molar-refractivity contribution in [3.63, 3.8) is 0 Å². The molecule has 5 nitrogen and oxygen atoms in total. The van der Waals surface area contributed by atoms with Gasteiger partial charge in [-0.25, -0.2) is 19.2 Å². The summed E-state index contributed by atoms with van der Waals surface area (Å²) in [5.74, 6) is -4.64. The fraction of sp³-hybridized carbons (Fsp3) is 0.154. The number of hydrogen-bond donors (Lipinski definition) is 2. The van der Waals surface area contributed by atoms with Crippen LogP contribution in [-0.4, -0.2) is 21.0 Å². The molecule has 2 N–H and O–H groups in total. The Labute approximate surface area is 134 Å². The van der Waals surface area contributed by atoms with Crippen LogP contribution in [0.2, 0.25) is 0 Å². The van der Waals surface area contributed by atoms with Crippen LogP contribution in [0.15, 0.2) is 24.4 Å². The molecular weight excluding hydrogens is 363 g/mol. The Hall–Kier alpha value is -2.92. The normalized spacial score (nSPS) is 12.1. The first-order chi connectivity index (χ1) is 11.4. The molecule has 0 atom stereocenters. The maximum absolute atomic E-state index is 13.8. The Morgan fingerprint density at radius 3 is 2.24 bits per heavy atom. The highest BCUT2D eigenvalue weighted by molar-refractivity contribution is 5.88. The molecule has 0 amide bonds. The van der Waals surface area contributed by atoms with Crippen molar-refractivity contribution >= 4 is 17.6 Å². The van der Waals surface area contributed by atoms with E-state index in [2.05, 4.69) is 9.97 Å². The Morgan fingerprint density at radius 1 is 1.08 bits per heavy atom. The van der Waals surface area contributed by atoms with Crippen LogP contribution in [0.4, 0.5) is 42.4 Å². The summed E-state index contributed by atoms with van der Waals surface area (Å²) in [7, 11) is 0. The predicted molar refractivity (Wildman–Crippen MR) is 68.7 cm³/mol. The van der Waals surface area contributed by atoms with Crippen molar-refractivity contribution in [2.45, 2.75) is 12.4 Å². The highest BCUT2D eigenvalue weighted by atomic mass is 19.4. The summed E-state index contributed by atoms with van der Waals surface area (Å²) in [5, 5.41) is 10.6. The fourth-order valence-electron chi connectivity index (χ4n) is 1.78. The molecule has 1 aromatic heterocycles. The third kappa shape index (κ3) is 3.95. The molecule has 0 radical (unpaired) electrons. The van der Waals surface area contributed by atoms with Gasteiger partial charge >= 0.3 is 18.3 Å². The molecule has 12 heteroatoms. The van der Waals surface area contributed by atoms with Crippen molar-refractivity contribution in [1.29, 1.82) is 0 Å². The molecule has 0 saturated carbocycles. The molecule has 0 bridgehead atoms. The van der Waals surface area contributed by atoms with Gasteiger partial charge in [0.2, 0.25) is 5.95 Å². The molecular formula is C13H6F7N3O2. The molecule has 0 aliphatic carbocycles. The zero-order chi connectivity index (χ0) is 19.0. The van der Waals surface area contributed by atoms with E-state index in [9.17, 15) is 35.5 Å². The number of benzene rings is 1. The molecule has 1 heterocycles. The van der Waals surface area contributed by atoms with E-state index in [0.29, 0.717) is 12.3 Å². The second-order valence-corrected chi connectivity index (χ2v) is 4.55. The number of carboxylic acid groups (broad SMARTS) is 1. The van der Waals surface area contributed by atoms with Crippen LogP contribution < -0.4 is 5.32 Å². The van der Waals surface area contributed by atoms with Crippen LogP contribution in [0.3, 0.4) is 0 Å². The molecule has 134 valence electrons. The number of carboxylic acids is 1. The van der Waals surface area contributed by atoms with Gasteiger partial charge in [-0.1, -0.05) is 6.07 Å². The number of aromatic nitrogens is 2. The van der Waals surface area contributed by atoms with Crippen molar-refractivity contribution < 1.29 is 40.6 Å². The molecule has 0 fully saturated rings. The van der Waals surface area contributed by atoms with Crippen LogP contribution >= 0.6 is 0 Å². The van der Waals surface area contributed by atoms with Gasteiger partial charge in [0.1, 0.15) is 5.56 Å². The largest absolute Gasteiger partial charge is 0.478 e. The Balaban J connectivity index is 2.47. The number of anilines is 2. The number of halogens is 7. The lowest BCUT2D eigenvalue weighted by molar-refractivity contribution is -0.141. The average Bonchev–Trinajstić information content (AvgIpc) is 2.47. The van der Waals surface area contributed by atoms with Gasteiger partial charge in [0, 0.05) is 6.20 Å². The average molecular weight is 369 g/mol. The van der Waals surface area contributed by atoms with E-state index in [1.807, 2.05) is 5.32 Å². The monoisotopic (exact) mass is 369 g/mol. The fourth-order valence-corrected chi connectivity index (χ4v) is 1.78. The van der Waals surface area contributed by atoms with Gasteiger partial charge < -0.3 is 10.4 Å². The number of alkyl halides is 6. The van der Waals surface area contributed by atoms with Gasteiger partial charge in [0.05, 0.1) is 11.3 Å². The quantitative estimate of drug-likeness (QED) is 0.797. The molecule has 0 aliphatic heterocycles. The number of aromatic carboxylic acids is 1. The second kappa shape index (κ2) is 6.18. The van der Waals surface area contributed by atoms with E-state index in [0.717, 1.165) is 12.1 Å². The summed E-state index contributed by atoms with van der Waals surface area (Å²) in [6.45, 7) is 0. The van der Waals surface area contributed by atoms with Crippen LogP contribution in [-0.2, 0) is 12.4 Å². The van der Waals surface area contributed by atoms with Crippen molar-refractivity contribution in [1.82, 2.24) is 9.97 Å². The second-order valence-electron chi connectivity index (χ2n) is 4.55. The third-order valence-electron chi connectivity index (χ3n) is 2.84. The standard InChI is InChI=1S/C13H6F7N3O2/c14-8-6(12(15,16)17)2-1-3-7(8)22-11-21-4-5(10(24)25)9(23-11)13(18,19)20/h1-4H,(H,24,25)(H,21,22,23). The zero-order valence-corrected chi connectivity index (χ0v) is 11.7. The number of hydrogen-bond acceptors (Lipinski definition) is 4. The Kier molecular flexibility index (Phi) is 4.55. The molecule has 1 aromatic carbocycles. The highest BCUT2D eigenvalue weighted by Gasteiger charge is 2.38. The number of carbonyl (C=O) groups is 1. The van der Waals surface area contributed by atoms with E-state index in [4.69, 9.17) is 5.11 Å². The highest BCUT2D eigenvalue weighted by Crippen LogP contribution is 2.35. The van der Waals surface area contributed by atoms with Crippen LogP contribution in [0, 0.1) is 5.82 Å². The predicted octanol–water partition coefficient (Wildman–Crippen LogP) is 4.10. The van der Waals surface area contributed by atoms with Gasteiger partial charge in [-0.2, -0.15) is 26.3 Å². The Morgan fingerprint density at radius 2 is 1.72 bits per heavy atom. The lowest BCUT2D eigenvalue weighted by atomic mass is 10.1. The van der Waals surface area contributed by atoms with Gasteiger partial charge in [-0.15, -0.1) is 0 Å². The van der Waals surface area contributed by atoms with Crippen molar-refractivity contribution in [3.8, 4) is 0 Å². The van der Waals surface area contributed by atoms with E-state index in [-0.39, 0.29) is 0 Å². The summed E-state index contributed by atoms with van der Waals surface area (Å²) >= 11 is 0. The lowest BCUT2D eigenvalue weighted by Gasteiger charge is -2.13. The van der Waals surface area contributed by atoms with Crippen LogP contribution in [0.5, 0.6) is 0 Å². The van der Waals surface area contributed by atoms with E-state index in [1.54, 1.807) is 0 Å². The van der Waals surface area contributed by atoms with Gasteiger partial charge in [0.15, 0.2) is 11.5 Å². The minimum Gasteiger partial charge on any atom is -0.478 e. The maximum atomic E-state index is 13.8. The lowest BCUT2D eigenvalue weighted by Crippen LogP contribution is -2.17. The molecule has 0 aliphatic rings. The van der Waals surface area contributed by atoms with Crippen molar-refractivity contribution in [2.24, 2.45) is 0 Å². The van der Waals surface area contributed by atoms with E-state index >= 15 is 0 Å². The maximum Gasteiger partial charge on any atom is 0.434 e. The summed E-state index contributed by atoms with van der Waals surface area (Å²) < 4.78 is 90.2.